The molecule has 6 heteroatoms. The maximum absolute atomic E-state index is 12.5. The van der Waals surface area contributed by atoms with Gasteiger partial charge in [-0.1, -0.05) is 32.9 Å². The topological polar surface area (TPSA) is 84.9 Å². The van der Waals surface area contributed by atoms with Crippen LogP contribution in [0.15, 0.2) is 24.3 Å². The molecule has 1 aromatic carbocycles. The van der Waals surface area contributed by atoms with Crippen LogP contribution in [-0.4, -0.2) is 41.8 Å². The zero-order chi connectivity index (χ0) is 22.3. The lowest BCUT2D eigenvalue weighted by atomic mass is 9.71. The lowest BCUT2D eigenvalue weighted by molar-refractivity contribution is -0.150. The van der Waals surface area contributed by atoms with Gasteiger partial charge in [0.1, 0.15) is 5.75 Å². The van der Waals surface area contributed by atoms with Gasteiger partial charge < -0.3 is 19.9 Å². The second kappa shape index (κ2) is 10.8. The van der Waals surface area contributed by atoms with Crippen LogP contribution in [-0.2, 0) is 20.7 Å². The van der Waals surface area contributed by atoms with Gasteiger partial charge in [-0.05, 0) is 68.6 Å². The summed E-state index contributed by atoms with van der Waals surface area (Å²) in [5.74, 6) is 0.224. The van der Waals surface area contributed by atoms with Crippen LogP contribution in [0.5, 0.6) is 5.75 Å². The van der Waals surface area contributed by atoms with Crippen molar-refractivity contribution in [2.75, 3.05) is 6.61 Å². The Morgan fingerprint density at radius 1 is 1.13 bits per heavy atom. The van der Waals surface area contributed by atoms with Gasteiger partial charge in [0.15, 0.2) is 12.2 Å². The molecule has 2 N–H and O–H groups in total. The van der Waals surface area contributed by atoms with Crippen molar-refractivity contribution in [3.05, 3.63) is 29.8 Å². The number of nitrogens with one attached hydrogen (secondary N) is 1. The minimum absolute atomic E-state index is 0.0967. The highest BCUT2D eigenvalue weighted by atomic mass is 16.5. The summed E-state index contributed by atoms with van der Waals surface area (Å²) >= 11 is 0. The summed E-state index contributed by atoms with van der Waals surface area (Å²) in [6, 6.07) is 7.36. The summed E-state index contributed by atoms with van der Waals surface area (Å²) in [7, 11) is 0. The van der Waals surface area contributed by atoms with E-state index in [4.69, 9.17) is 9.47 Å². The molecule has 1 saturated carbocycles. The quantitative estimate of drug-likeness (QED) is 0.626. The van der Waals surface area contributed by atoms with E-state index >= 15 is 0 Å². The summed E-state index contributed by atoms with van der Waals surface area (Å²) in [5.41, 5.74) is 1.17. The molecule has 30 heavy (non-hydrogen) atoms. The van der Waals surface area contributed by atoms with Crippen molar-refractivity contribution in [1.29, 1.82) is 0 Å². The first-order chi connectivity index (χ1) is 14.1. The molecule has 0 heterocycles. The lowest BCUT2D eigenvalue weighted by Crippen LogP contribution is -2.44. The van der Waals surface area contributed by atoms with E-state index in [1.807, 2.05) is 12.1 Å². The highest BCUT2D eigenvalue weighted by Crippen LogP contribution is 2.37. The summed E-state index contributed by atoms with van der Waals surface area (Å²) in [5, 5.41) is 12.3. The first-order valence-electron chi connectivity index (χ1n) is 11.0. The molecule has 2 rings (SSSR count). The normalized spacial score (nSPS) is 21.5. The Balaban J connectivity index is 1.82. The van der Waals surface area contributed by atoms with E-state index in [0.29, 0.717) is 23.7 Å². The summed E-state index contributed by atoms with van der Waals surface area (Å²) < 4.78 is 11.0. The van der Waals surface area contributed by atoms with Crippen LogP contribution in [0.25, 0.3) is 0 Å². The number of hydrogen-bond acceptors (Lipinski definition) is 4. The minimum Gasteiger partial charge on any atom is -0.481 e. The lowest BCUT2D eigenvalue weighted by Gasteiger charge is -2.37. The maximum Gasteiger partial charge on any atom is 0.333 e. The molecule has 0 saturated heterocycles. The zero-order valence-electron chi connectivity index (χ0n) is 18.9. The number of carboxylic acids is 1. The van der Waals surface area contributed by atoms with Gasteiger partial charge in [0.05, 0.1) is 0 Å². The Kier molecular flexibility index (Phi) is 8.71. The van der Waals surface area contributed by atoms with Crippen LogP contribution in [0.2, 0.25) is 0 Å². The van der Waals surface area contributed by atoms with Crippen molar-refractivity contribution in [3.8, 4) is 5.75 Å². The molecule has 0 unspecified atom stereocenters. The molecule has 168 valence electrons. The van der Waals surface area contributed by atoms with Gasteiger partial charge in [-0.15, -0.1) is 0 Å². The van der Waals surface area contributed by atoms with Crippen molar-refractivity contribution < 1.29 is 24.2 Å². The Morgan fingerprint density at radius 3 is 2.23 bits per heavy atom. The number of aliphatic carboxylic acids is 1. The molecule has 0 aromatic heterocycles. The highest BCUT2D eigenvalue weighted by Gasteiger charge is 2.31. The molecule has 6 nitrogen and oxygen atoms in total. The second-order valence-corrected chi connectivity index (χ2v) is 9.31. The fraction of sp³-hybridized carbons (Fsp3) is 0.667. The van der Waals surface area contributed by atoms with E-state index in [1.165, 1.54) is 0 Å². The van der Waals surface area contributed by atoms with Crippen LogP contribution in [0.1, 0.15) is 65.9 Å². The van der Waals surface area contributed by atoms with Crippen LogP contribution < -0.4 is 10.1 Å². The smallest absolute Gasteiger partial charge is 0.333 e. The summed E-state index contributed by atoms with van der Waals surface area (Å²) in [6.07, 6.45) is 3.15. The number of rotatable bonds is 9. The predicted octanol–water partition coefficient (Wildman–Crippen LogP) is 4.21. The molecule has 1 aliphatic rings. The van der Waals surface area contributed by atoms with Crippen molar-refractivity contribution in [2.45, 2.75) is 85.0 Å². The molecule has 2 atom stereocenters. The molecule has 1 aliphatic carbocycles. The maximum atomic E-state index is 12.5. The monoisotopic (exact) mass is 419 g/mol. The molecule has 0 bridgehead atoms. The number of ether oxygens (including phenoxy) is 2. The van der Waals surface area contributed by atoms with Crippen LogP contribution in [0, 0.1) is 11.3 Å². The minimum atomic E-state index is -0.973. The molecule has 0 radical (unpaired) electrons. The van der Waals surface area contributed by atoms with E-state index in [1.54, 1.807) is 26.0 Å². The van der Waals surface area contributed by atoms with Crippen molar-refractivity contribution in [2.24, 2.45) is 11.3 Å². The molecule has 0 spiro atoms. The Labute approximate surface area is 180 Å². The zero-order valence-corrected chi connectivity index (χ0v) is 18.9. The van der Waals surface area contributed by atoms with E-state index in [9.17, 15) is 14.7 Å². The largest absolute Gasteiger partial charge is 0.481 e. The van der Waals surface area contributed by atoms with Crippen LogP contribution in [0.4, 0.5) is 0 Å². The fourth-order valence-corrected chi connectivity index (χ4v) is 4.02. The van der Waals surface area contributed by atoms with Gasteiger partial charge in [0, 0.05) is 19.1 Å². The average Bonchev–Trinajstić information content (AvgIpc) is 2.68. The van der Waals surface area contributed by atoms with Crippen molar-refractivity contribution in [1.82, 2.24) is 5.32 Å². The standard InChI is InChI=1S/C24H37NO5/c1-6-29-21(23(27)28)15-17-7-13-20(14-8-17)30-16(2)22(26)25-19-11-9-18(10-12-19)24(3,4)5/h7-8,13-14,16,18-19,21H,6,9-12,15H2,1-5H3,(H,25,26)(H,27,28)/t16-,18-,19-,21+/m1/s1. The number of carboxylic acid groups (broad SMARTS) is 1. The first-order valence-corrected chi connectivity index (χ1v) is 11.0. The molecular formula is C24H37NO5. The number of benzene rings is 1. The van der Waals surface area contributed by atoms with Gasteiger partial charge in [-0.25, -0.2) is 4.79 Å². The van der Waals surface area contributed by atoms with Crippen LogP contribution >= 0.6 is 0 Å². The number of carbonyl (C=O) groups excluding carboxylic acids is 1. The number of hydrogen-bond donors (Lipinski definition) is 2. The molecule has 0 aliphatic heterocycles. The first kappa shape index (κ1) is 24.2. The highest BCUT2D eigenvalue weighted by molar-refractivity contribution is 5.81. The third kappa shape index (κ3) is 7.31. The Morgan fingerprint density at radius 2 is 1.73 bits per heavy atom. The second-order valence-electron chi connectivity index (χ2n) is 9.31. The fourth-order valence-electron chi connectivity index (χ4n) is 4.02. The SMILES string of the molecule is CCO[C@@H](Cc1ccc(O[C@H](C)C(=O)N[C@H]2CC[C@H](C(C)(C)C)CC2)cc1)C(=O)O. The van der Waals surface area contributed by atoms with E-state index < -0.39 is 18.2 Å². The molecule has 1 fully saturated rings. The summed E-state index contributed by atoms with van der Waals surface area (Å²) in [4.78, 5) is 23.8. The van der Waals surface area contributed by atoms with E-state index in [-0.39, 0.29) is 18.4 Å². The third-order valence-electron chi connectivity index (χ3n) is 5.97. The average molecular weight is 420 g/mol. The van der Waals surface area contributed by atoms with Gasteiger partial charge in [-0.3, -0.25) is 4.79 Å². The van der Waals surface area contributed by atoms with Gasteiger partial charge in [0.25, 0.3) is 5.91 Å². The number of amides is 1. The van der Waals surface area contributed by atoms with E-state index in [2.05, 4.69) is 26.1 Å². The predicted molar refractivity (Wildman–Crippen MR) is 117 cm³/mol. The van der Waals surface area contributed by atoms with E-state index in [0.717, 1.165) is 31.2 Å². The Hall–Kier alpha value is -2.08. The molecule has 1 aromatic rings. The van der Waals surface area contributed by atoms with Crippen molar-refractivity contribution in [3.63, 3.8) is 0 Å². The molecule has 1 amide bonds. The van der Waals surface area contributed by atoms with Gasteiger partial charge in [0.2, 0.25) is 0 Å². The molecular weight excluding hydrogens is 382 g/mol. The Bertz CT molecular complexity index is 687. The van der Waals surface area contributed by atoms with Crippen molar-refractivity contribution >= 4 is 11.9 Å². The summed E-state index contributed by atoms with van der Waals surface area (Å²) in [6.45, 7) is 10.7. The third-order valence-corrected chi connectivity index (χ3v) is 5.97. The van der Waals surface area contributed by atoms with Gasteiger partial charge >= 0.3 is 5.97 Å². The van der Waals surface area contributed by atoms with Gasteiger partial charge in [-0.2, -0.15) is 0 Å². The van der Waals surface area contributed by atoms with Crippen LogP contribution in [0.3, 0.4) is 0 Å². The number of carbonyl (C=O) groups is 2.